The number of nitrogen functional groups attached to an aromatic ring is 1. The van der Waals surface area contributed by atoms with Crippen LogP contribution in [0.25, 0.3) is 11.2 Å². The van der Waals surface area contributed by atoms with Crippen LogP contribution in [0.2, 0.25) is 0 Å². The fourth-order valence-corrected chi connectivity index (χ4v) is 0.841. The van der Waals surface area contributed by atoms with Crippen molar-refractivity contribution >= 4 is 17.0 Å². The van der Waals surface area contributed by atoms with Gasteiger partial charge in [-0.05, 0) is 0 Å². The molecule has 0 aliphatic carbocycles. The normalized spacial score (nSPS) is 10.2. The van der Waals surface area contributed by atoms with Gasteiger partial charge in [0.15, 0.2) is 11.5 Å². The number of aromatic nitrogens is 4. The Morgan fingerprint density at radius 2 is 1.94 bits per heavy atom. The van der Waals surface area contributed by atoms with E-state index in [-0.39, 0.29) is 13.2 Å². The molecule has 0 saturated carbocycles. The number of hydrogen-bond donors (Lipinski definition) is 5. The Bertz CT molecular complexity index is 428. The largest absolute Gasteiger partial charge is 0.394 e. The van der Waals surface area contributed by atoms with Gasteiger partial charge in [0.1, 0.15) is 17.9 Å². The van der Waals surface area contributed by atoms with Gasteiger partial charge in [-0.3, -0.25) is 0 Å². The molecule has 2 aromatic heterocycles. The maximum Gasteiger partial charge on any atom is 0.182 e. The highest BCUT2D eigenvalue weighted by atomic mass is 16.3. The molecule has 8 nitrogen and oxygen atoms in total. The summed E-state index contributed by atoms with van der Waals surface area (Å²) in [7, 11) is 0. The molecular weight excluding hydrogens is 214 g/mol. The van der Waals surface area contributed by atoms with E-state index in [1.54, 1.807) is 0 Å². The molecule has 2 heterocycles. The number of nitrogens with zero attached hydrogens (tertiary/aromatic N) is 3. The van der Waals surface area contributed by atoms with E-state index in [4.69, 9.17) is 21.1 Å². The van der Waals surface area contributed by atoms with Crippen molar-refractivity contribution in [2.75, 3.05) is 18.9 Å². The molecule has 0 bridgehead atoms. The minimum Gasteiger partial charge on any atom is -0.394 e. The number of anilines is 1. The molecule has 2 rings (SSSR count). The summed E-state index contributed by atoms with van der Waals surface area (Å²) in [5.41, 5.74) is 6.78. The molecule has 88 valence electrons. The lowest BCUT2D eigenvalue weighted by Crippen LogP contribution is -2.15. The fourth-order valence-electron chi connectivity index (χ4n) is 0.841. The van der Waals surface area contributed by atoms with E-state index < -0.39 is 6.10 Å². The summed E-state index contributed by atoms with van der Waals surface area (Å²) < 4.78 is 0. The third-order valence-electron chi connectivity index (χ3n) is 1.67. The Morgan fingerprint density at radius 3 is 2.44 bits per heavy atom. The number of rotatable bonds is 2. The minimum absolute atomic E-state index is 0.365. The molecule has 8 heteroatoms. The standard InChI is InChI=1S/C5H5N5.C3H8O3/c6-4-3-5(9-1-7-3)10-2-8-4;4-1-3(6)2-5/h1-2H,(H3,6,7,8,9,10);3-6H,1-2H2. The van der Waals surface area contributed by atoms with Crippen LogP contribution >= 0.6 is 0 Å². The van der Waals surface area contributed by atoms with Gasteiger partial charge in [-0.1, -0.05) is 0 Å². The van der Waals surface area contributed by atoms with Crippen molar-refractivity contribution in [1.82, 2.24) is 19.9 Å². The molecule has 0 radical (unpaired) electrons. The zero-order valence-electron chi connectivity index (χ0n) is 8.41. The van der Waals surface area contributed by atoms with Crippen molar-refractivity contribution in [2.45, 2.75) is 6.10 Å². The number of aliphatic hydroxyl groups excluding tert-OH is 3. The Balaban J connectivity index is 0.000000187. The van der Waals surface area contributed by atoms with Gasteiger partial charge in [0.05, 0.1) is 19.5 Å². The highest BCUT2D eigenvalue weighted by molar-refractivity contribution is 5.80. The van der Waals surface area contributed by atoms with Crippen LogP contribution in [-0.2, 0) is 0 Å². The molecule has 0 spiro atoms. The van der Waals surface area contributed by atoms with E-state index >= 15 is 0 Å². The van der Waals surface area contributed by atoms with E-state index in [0.717, 1.165) is 0 Å². The van der Waals surface area contributed by atoms with E-state index in [9.17, 15) is 0 Å². The lowest BCUT2D eigenvalue weighted by Gasteiger charge is -1.96. The topological polar surface area (TPSA) is 141 Å². The predicted octanol–water partition coefficient (Wildman–Crippen LogP) is -1.73. The van der Waals surface area contributed by atoms with Crippen LogP contribution in [0.4, 0.5) is 5.82 Å². The third kappa shape index (κ3) is 3.12. The van der Waals surface area contributed by atoms with Crippen LogP contribution in [0.1, 0.15) is 0 Å². The molecule has 0 saturated heterocycles. The van der Waals surface area contributed by atoms with Crippen LogP contribution in [0, 0.1) is 0 Å². The molecular formula is C8H13N5O3. The quantitative estimate of drug-likeness (QED) is 0.410. The van der Waals surface area contributed by atoms with Gasteiger partial charge in [-0.25, -0.2) is 15.0 Å². The fraction of sp³-hybridized carbons (Fsp3) is 0.375. The maximum absolute atomic E-state index is 8.17. The first kappa shape index (κ1) is 12.3. The van der Waals surface area contributed by atoms with Gasteiger partial charge >= 0.3 is 0 Å². The Labute approximate surface area is 90.8 Å². The average molecular weight is 227 g/mol. The van der Waals surface area contributed by atoms with Crippen LogP contribution in [0.5, 0.6) is 0 Å². The summed E-state index contributed by atoms with van der Waals surface area (Å²) >= 11 is 0. The van der Waals surface area contributed by atoms with Crippen LogP contribution in [0.15, 0.2) is 12.7 Å². The minimum atomic E-state index is -0.954. The van der Waals surface area contributed by atoms with Gasteiger partial charge in [-0.15, -0.1) is 0 Å². The number of hydrogen-bond acceptors (Lipinski definition) is 7. The molecule has 0 fully saturated rings. The summed E-state index contributed by atoms with van der Waals surface area (Å²) in [5.74, 6) is 0.433. The summed E-state index contributed by atoms with van der Waals surface area (Å²) in [6.07, 6.45) is 1.97. The number of nitrogens with one attached hydrogen (secondary N) is 1. The molecule has 0 amide bonds. The number of aliphatic hydroxyl groups is 3. The number of fused-ring (bicyclic) bond motifs is 1. The second-order valence-corrected chi connectivity index (χ2v) is 2.88. The van der Waals surface area contributed by atoms with E-state index in [2.05, 4.69) is 19.9 Å². The molecule has 0 atom stereocenters. The molecule has 2 aromatic rings. The molecule has 6 N–H and O–H groups in total. The van der Waals surface area contributed by atoms with Gasteiger partial charge in [0, 0.05) is 0 Å². The lowest BCUT2D eigenvalue weighted by atomic mass is 10.4. The molecule has 0 aliphatic heterocycles. The smallest absolute Gasteiger partial charge is 0.182 e. The summed E-state index contributed by atoms with van der Waals surface area (Å²) in [5, 5.41) is 24.0. The van der Waals surface area contributed by atoms with Gasteiger partial charge in [-0.2, -0.15) is 0 Å². The summed E-state index contributed by atoms with van der Waals surface area (Å²) in [6.45, 7) is -0.729. The van der Waals surface area contributed by atoms with Crippen molar-refractivity contribution in [3.8, 4) is 0 Å². The SMILES string of the molecule is Nc1ncnc2nc[nH]c12.OCC(O)CO. The highest BCUT2D eigenvalue weighted by Crippen LogP contribution is 2.09. The zero-order chi connectivity index (χ0) is 12.0. The van der Waals surface area contributed by atoms with Crippen molar-refractivity contribution < 1.29 is 15.3 Å². The molecule has 0 aliphatic rings. The third-order valence-corrected chi connectivity index (χ3v) is 1.67. The van der Waals surface area contributed by atoms with E-state index in [1.807, 2.05) is 0 Å². The molecule has 16 heavy (non-hydrogen) atoms. The zero-order valence-corrected chi connectivity index (χ0v) is 8.41. The van der Waals surface area contributed by atoms with E-state index in [0.29, 0.717) is 17.0 Å². The Hall–Kier alpha value is -1.77. The Kier molecular flexibility index (Phi) is 4.58. The summed E-state index contributed by atoms with van der Waals surface area (Å²) in [6, 6.07) is 0. The van der Waals surface area contributed by atoms with Crippen LogP contribution in [-0.4, -0.2) is 54.6 Å². The number of H-pyrrole nitrogens is 1. The maximum atomic E-state index is 8.17. The van der Waals surface area contributed by atoms with Gasteiger partial charge < -0.3 is 26.0 Å². The van der Waals surface area contributed by atoms with Gasteiger partial charge in [0.25, 0.3) is 0 Å². The Morgan fingerprint density at radius 1 is 1.25 bits per heavy atom. The van der Waals surface area contributed by atoms with Crippen molar-refractivity contribution in [1.29, 1.82) is 0 Å². The second kappa shape index (κ2) is 5.95. The molecule has 0 aromatic carbocycles. The van der Waals surface area contributed by atoms with Crippen molar-refractivity contribution in [3.05, 3.63) is 12.7 Å². The van der Waals surface area contributed by atoms with Crippen molar-refractivity contribution in [2.24, 2.45) is 0 Å². The van der Waals surface area contributed by atoms with Crippen molar-refractivity contribution in [3.63, 3.8) is 0 Å². The first-order valence-corrected chi connectivity index (χ1v) is 4.48. The molecule has 0 unspecified atom stereocenters. The average Bonchev–Trinajstić information content (AvgIpc) is 2.78. The predicted molar refractivity (Wildman–Crippen MR) is 56.3 cm³/mol. The number of nitrogens with two attached hydrogens (primary N) is 1. The lowest BCUT2D eigenvalue weighted by molar-refractivity contribution is 0.0450. The van der Waals surface area contributed by atoms with Crippen LogP contribution in [0.3, 0.4) is 0 Å². The van der Waals surface area contributed by atoms with Crippen LogP contribution < -0.4 is 5.73 Å². The first-order chi connectivity index (χ1) is 7.69. The number of aromatic amines is 1. The number of imidazole rings is 1. The first-order valence-electron chi connectivity index (χ1n) is 4.48. The monoisotopic (exact) mass is 227 g/mol. The van der Waals surface area contributed by atoms with E-state index in [1.165, 1.54) is 12.7 Å². The second-order valence-electron chi connectivity index (χ2n) is 2.88. The highest BCUT2D eigenvalue weighted by Gasteiger charge is 1.99. The summed E-state index contributed by atoms with van der Waals surface area (Å²) in [4.78, 5) is 14.4. The van der Waals surface area contributed by atoms with Gasteiger partial charge in [0.2, 0.25) is 0 Å².